The molecule has 46 valence electrons. The van der Waals surface area contributed by atoms with Gasteiger partial charge in [0.25, 0.3) is 0 Å². The van der Waals surface area contributed by atoms with Crippen LogP contribution in [0.4, 0.5) is 0 Å². The Morgan fingerprint density at radius 1 is 1.11 bits per heavy atom. The van der Waals surface area contributed by atoms with Gasteiger partial charge in [0.15, 0.2) is 0 Å². The van der Waals surface area contributed by atoms with E-state index in [0.717, 1.165) is 0 Å². The van der Waals surface area contributed by atoms with E-state index in [1.165, 1.54) is 6.16 Å². The molecule has 0 aromatic heterocycles. The normalized spacial score (nSPS) is 32.2. The molecule has 0 spiro atoms. The molecule has 1 rings (SSSR count). The van der Waals surface area contributed by atoms with Crippen LogP contribution in [0.15, 0.2) is 36.2 Å². The Balaban J connectivity index is 2.70. The first-order valence-electron chi connectivity index (χ1n) is 2.83. The molecule has 0 aromatic carbocycles. The predicted octanol–water partition coefficient (Wildman–Crippen LogP) is 2.19. The Morgan fingerprint density at radius 3 is 2.78 bits per heavy atom. The average Bonchev–Trinajstić information content (AvgIpc) is 1.79. The van der Waals surface area contributed by atoms with Crippen LogP contribution < -0.4 is 0 Å². The molecule has 2 heteroatoms. The molecule has 0 radical (unpaired) electrons. The summed E-state index contributed by atoms with van der Waals surface area (Å²) >= 11 is 3.14. The van der Waals surface area contributed by atoms with E-state index >= 15 is 0 Å². The molecule has 0 amide bonds. The fraction of sp³-hybridized carbons (Fsp3) is 0.143. The first-order valence-corrected chi connectivity index (χ1v) is 6.64. The molecular formula is C7H8PSe+. The summed E-state index contributed by atoms with van der Waals surface area (Å²) < 4.78 is 0. The van der Waals surface area contributed by atoms with Gasteiger partial charge in [-0.05, 0) is 0 Å². The van der Waals surface area contributed by atoms with Crippen molar-refractivity contribution in [2.45, 2.75) is 0 Å². The molecule has 1 unspecified atom stereocenters. The van der Waals surface area contributed by atoms with E-state index in [-0.39, 0.29) is 6.17 Å². The van der Waals surface area contributed by atoms with Gasteiger partial charge in [0, 0.05) is 0 Å². The Labute approximate surface area is 64.0 Å². The zero-order valence-electron chi connectivity index (χ0n) is 5.03. The monoisotopic (exact) mass is 203 g/mol. The Kier molecular flexibility index (Phi) is 3.14. The second-order valence-electron chi connectivity index (χ2n) is 1.75. The molecule has 1 heterocycles. The Bertz CT molecular complexity index is 189. The number of allylic oxidation sites excluding steroid dienone is 5. The molecule has 0 bridgehead atoms. The van der Waals surface area contributed by atoms with Crippen molar-refractivity contribution in [1.29, 1.82) is 0 Å². The summed E-state index contributed by atoms with van der Waals surface area (Å²) in [6.07, 6.45) is 11.7. The summed E-state index contributed by atoms with van der Waals surface area (Å²) in [4.78, 5) is 0. The van der Waals surface area contributed by atoms with Crippen molar-refractivity contribution in [2.75, 3.05) is 6.16 Å². The molecule has 0 aromatic rings. The van der Waals surface area contributed by atoms with Crippen LogP contribution in [0, 0.1) is 0 Å². The van der Waals surface area contributed by atoms with E-state index in [0.29, 0.717) is 0 Å². The minimum atomic E-state index is 0.0211. The molecule has 0 saturated heterocycles. The van der Waals surface area contributed by atoms with Crippen molar-refractivity contribution < 1.29 is 0 Å². The maximum atomic E-state index is 3.14. The molecular weight excluding hydrogens is 194 g/mol. The third kappa shape index (κ3) is 2.91. The van der Waals surface area contributed by atoms with Crippen molar-refractivity contribution in [3.05, 3.63) is 36.2 Å². The molecule has 1 aliphatic heterocycles. The predicted molar refractivity (Wildman–Crippen MR) is 45.0 cm³/mol. The molecule has 0 aliphatic carbocycles. The second kappa shape index (κ2) is 3.95. The molecule has 0 nitrogen and oxygen atoms in total. The van der Waals surface area contributed by atoms with Crippen LogP contribution in [-0.4, -0.2) is 21.3 Å². The first kappa shape index (κ1) is 7.15. The number of hydrogen-bond acceptors (Lipinski definition) is 0. The van der Waals surface area contributed by atoms with Crippen LogP contribution in [0.1, 0.15) is 0 Å². The van der Waals surface area contributed by atoms with Crippen molar-refractivity contribution in [3.63, 3.8) is 0 Å². The van der Waals surface area contributed by atoms with Gasteiger partial charge in [-0.3, -0.25) is 0 Å². The summed E-state index contributed by atoms with van der Waals surface area (Å²) in [6, 6.07) is 0. The van der Waals surface area contributed by atoms with Crippen LogP contribution in [0.5, 0.6) is 0 Å². The van der Waals surface area contributed by atoms with Gasteiger partial charge in [-0.1, -0.05) is 0 Å². The third-order valence-electron chi connectivity index (χ3n) is 1.01. The quantitative estimate of drug-likeness (QED) is 0.417. The summed E-state index contributed by atoms with van der Waals surface area (Å²) in [5.74, 6) is 2.23. The van der Waals surface area contributed by atoms with Crippen molar-refractivity contribution in [3.8, 4) is 0 Å². The van der Waals surface area contributed by atoms with E-state index in [2.05, 4.69) is 51.3 Å². The van der Waals surface area contributed by atoms with Crippen LogP contribution in [0.3, 0.4) is 0 Å². The van der Waals surface area contributed by atoms with Gasteiger partial charge in [0.1, 0.15) is 0 Å². The fourth-order valence-electron chi connectivity index (χ4n) is 0.578. The number of hydrogen-bond donors (Lipinski definition) is 0. The summed E-state index contributed by atoms with van der Waals surface area (Å²) in [5, 5.41) is 0. The van der Waals surface area contributed by atoms with E-state index < -0.39 is 0 Å². The zero-order chi connectivity index (χ0) is 6.53. The van der Waals surface area contributed by atoms with Crippen molar-refractivity contribution in [2.24, 2.45) is 0 Å². The molecule has 0 N–H and O–H groups in total. The molecule has 1 atom stereocenters. The summed E-state index contributed by atoms with van der Waals surface area (Å²) in [5.41, 5.74) is 0. The standard InChI is InChI=1S/C7H8PSe/c9-8-6-4-2-1-3-5-7-8/h1-6H,7H2/q+1/b2-1-,5-3-,6-4-. The van der Waals surface area contributed by atoms with E-state index in [9.17, 15) is 0 Å². The SMILES string of the molecule is [Se]=[P+]1\C=C/C=C\C=C/C1. The zero-order valence-corrected chi connectivity index (χ0v) is 7.63. The maximum absolute atomic E-state index is 3.14. The van der Waals surface area contributed by atoms with E-state index in [4.69, 9.17) is 0 Å². The Morgan fingerprint density at radius 2 is 1.89 bits per heavy atom. The summed E-state index contributed by atoms with van der Waals surface area (Å²) in [6.45, 7) is 0. The van der Waals surface area contributed by atoms with Crippen LogP contribution >= 0.6 is 6.17 Å². The molecule has 1 aliphatic rings. The molecule has 9 heavy (non-hydrogen) atoms. The van der Waals surface area contributed by atoms with Gasteiger partial charge in [-0.2, -0.15) is 0 Å². The van der Waals surface area contributed by atoms with E-state index in [1.807, 2.05) is 0 Å². The fourth-order valence-corrected chi connectivity index (χ4v) is 2.30. The van der Waals surface area contributed by atoms with Crippen LogP contribution in [-0.2, 0) is 0 Å². The Hall–Kier alpha value is 0.0395. The van der Waals surface area contributed by atoms with Gasteiger partial charge < -0.3 is 0 Å². The van der Waals surface area contributed by atoms with E-state index in [1.54, 1.807) is 0 Å². The van der Waals surface area contributed by atoms with Gasteiger partial charge in [0.2, 0.25) is 0 Å². The van der Waals surface area contributed by atoms with Gasteiger partial charge in [-0.25, -0.2) is 0 Å². The minimum absolute atomic E-state index is 0.0211. The second-order valence-corrected chi connectivity index (χ2v) is 6.20. The van der Waals surface area contributed by atoms with Crippen molar-refractivity contribution >= 4 is 21.3 Å². The van der Waals surface area contributed by atoms with Gasteiger partial charge >= 0.3 is 63.6 Å². The van der Waals surface area contributed by atoms with Gasteiger partial charge in [-0.15, -0.1) is 0 Å². The van der Waals surface area contributed by atoms with Crippen LogP contribution in [0.25, 0.3) is 0 Å². The van der Waals surface area contributed by atoms with Crippen LogP contribution in [0.2, 0.25) is 0 Å². The average molecular weight is 202 g/mol. The topological polar surface area (TPSA) is 0 Å². The molecule has 0 fully saturated rings. The van der Waals surface area contributed by atoms with Crippen molar-refractivity contribution in [1.82, 2.24) is 0 Å². The summed E-state index contributed by atoms with van der Waals surface area (Å²) in [7, 11) is 0. The number of rotatable bonds is 0. The molecule has 0 saturated carbocycles. The first-order chi connectivity index (χ1) is 4.39. The van der Waals surface area contributed by atoms with Gasteiger partial charge in [0.05, 0.1) is 0 Å². The third-order valence-corrected chi connectivity index (χ3v) is 3.79.